The van der Waals surface area contributed by atoms with Crippen molar-refractivity contribution in [3.8, 4) is 0 Å². The maximum absolute atomic E-state index is 12.4. The Labute approximate surface area is 139 Å². The number of carbonyl (C=O) groups excluding carboxylic acids is 2. The molecule has 1 rings (SSSR count). The lowest BCUT2D eigenvalue weighted by Crippen LogP contribution is -2.10. The molecule has 0 fully saturated rings. The van der Waals surface area contributed by atoms with Crippen LogP contribution in [0.15, 0.2) is 55.6 Å². The molecule has 0 aromatic heterocycles. The van der Waals surface area contributed by atoms with Crippen molar-refractivity contribution in [3.05, 3.63) is 61.2 Å². The maximum Gasteiger partial charge on any atom is 0.480 e. The van der Waals surface area contributed by atoms with E-state index in [0.717, 1.165) is 12.2 Å². The molecule has 0 bridgehead atoms. The maximum atomic E-state index is 12.4. The van der Waals surface area contributed by atoms with Gasteiger partial charge in [0.2, 0.25) is 13.6 Å². The van der Waals surface area contributed by atoms with Gasteiger partial charge < -0.3 is 9.47 Å². The number of phosphoric acid groups is 1. The van der Waals surface area contributed by atoms with Crippen molar-refractivity contribution >= 4 is 19.8 Å². The molecule has 0 spiro atoms. The molecule has 0 unspecified atom stereocenters. The Morgan fingerprint density at radius 3 is 1.88 bits per heavy atom. The van der Waals surface area contributed by atoms with Gasteiger partial charge in [0.15, 0.2) is 0 Å². The predicted octanol–water partition coefficient (Wildman–Crippen LogP) is 2.72. The van der Waals surface area contributed by atoms with Gasteiger partial charge in [0, 0.05) is 12.2 Å². The van der Waals surface area contributed by atoms with Crippen LogP contribution >= 0.6 is 7.82 Å². The lowest BCUT2D eigenvalue weighted by atomic mass is 10.2. The van der Waals surface area contributed by atoms with Crippen molar-refractivity contribution < 1.29 is 37.2 Å². The van der Waals surface area contributed by atoms with Gasteiger partial charge in [-0.1, -0.05) is 43.5 Å². The summed E-state index contributed by atoms with van der Waals surface area (Å²) in [6.45, 7) is 4.93. The Kier molecular flexibility index (Phi) is 8.67. The number of hydrogen-bond acceptors (Lipinski definition) is 8. The van der Waals surface area contributed by atoms with Gasteiger partial charge in [0.05, 0.1) is 6.61 Å². The van der Waals surface area contributed by atoms with Gasteiger partial charge in [-0.2, -0.15) is 0 Å². The highest BCUT2D eigenvalue weighted by atomic mass is 31.2. The number of benzene rings is 1. The molecule has 0 heterocycles. The summed E-state index contributed by atoms with van der Waals surface area (Å²) in [5.74, 6) is -1.55. The quantitative estimate of drug-likeness (QED) is 0.258. The van der Waals surface area contributed by atoms with Crippen molar-refractivity contribution in [2.24, 2.45) is 0 Å². The molecule has 8 nitrogen and oxygen atoms in total. The molecule has 0 aliphatic heterocycles. The molecule has 130 valence electrons. The smallest absolute Gasteiger partial charge is 0.435 e. The largest absolute Gasteiger partial charge is 0.480 e. The van der Waals surface area contributed by atoms with Crippen LogP contribution in [0.5, 0.6) is 0 Å². The fourth-order valence-electron chi connectivity index (χ4n) is 1.26. The molecule has 0 atom stereocenters. The molecule has 0 amide bonds. The zero-order chi connectivity index (χ0) is 17.8. The van der Waals surface area contributed by atoms with Crippen molar-refractivity contribution in [2.75, 3.05) is 13.6 Å². The predicted molar refractivity (Wildman–Crippen MR) is 83.3 cm³/mol. The zero-order valence-corrected chi connectivity index (χ0v) is 13.7. The molecule has 0 N–H and O–H groups in total. The minimum absolute atomic E-state index is 0.0943. The van der Waals surface area contributed by atoms with E-state index in [1.54, 1.807) is 30.3 Å². The summed E-state index contributed by atoms with van der Waals surface area (Å²) in [6, 6.07) is 8.81. The van der Waals surface area contributed by atoms with Crippen LogP contribution in [0.2, 0.25) is 0 Å². The first-order chi connectivity index (χ1) is 11.5. The summed E-state index contributed by atoms with van der Waals surface area (Å²) in [7, 11) is -4.14. The summed E-state index contributed by atoms with van der Waals surface area (Å²) in [6.07, 6.45) is 1.82. The fourth-order valence-corrected chi connectivity index (χ4v) is 2.15. The Bertz CT molecular complexity index is 583. The normalized spacial score (nSPS) is 10.7. The summed E-state index contributed by atoms with van der Waals surface area (Å²) in [5, 5.41) is 0. The molecule has 9 heteroatoms. The van der Waals surface area contributed by atoms with E-state index in [1.807, 2.05) is 0 Å². The molecule has 0 aliphatic carbocycles. The first-order valence-corrected chi connectivity index (χ1v) is 8.11. The second-order valence-electron chi connectivity index (χ2n) is 4.04. The van der Waals surface area contributed by atoms with Crippen LogP contribution in [0.4, 0.5) is 0 Å². The average Bonchev–Trinajstić information content (AvgIpc) is 2.60. The van der Waals surface area contributed by atoms with Crippen molar-refractivity contribution in [3.63, 3.8) is 0 Å². The zero-order valence-electron chi connectivity index (χ0n) is 12.8. The van der Waals surface area contributed by atoms with E-state index in [1.165, 1.54) is 0 Å². The number of hydrogen-bond donors (Lipinski definition) is 0. The molecular weight excluding hydrogens is 339 g/mol. The molecule has 0 saturated heterocycles. The van der Waals surface area contributed by atoms with E-state index in [9.17, 15) is 14.2 Å². The second kappa shape index (κ2) is 10.5. The van der Waals surface area contributed by atoms with Crippen molar-refractivity contribution in [2.45, 2.75) is 6.61 Å². The number of ether oxygens (including phenoxy) is 2. The molecule has 1 aromatic rings. The van der Waals surface area contributed by atoms with Crippen molar-refractivity contribution in [1.29, 1.82) is 0 Å². The fraction of sp³-hybridized carbons (Fsp3) is 0.200. The number of carbonyl (C=O) groups is 2. The lowest BCUT2D eigenvalue weighted by Gasteiger charge is -2.17. The third-order valence-electron chi connectivity index (χ3n) is 2.39. The van der Waals surface area contributed by atoms with Crippen LogP contribution in [-0.2, 0) is 43.8 Å². The molecule has 0 saturated carbocycles. The van der Waals surface area contributed by atoms with E-state index < -0.39 is 33.3 Å². The van der Waals surface area contributed by atoms with Crippen LogP contribution in [0, 0.1) is 0 Å². The van der Waals surface area contributed by atoms with Gasteiger partial charge in [-0.25, -0.2) is 23.2 Å². The van der Waals surface area contributed by atoms with Crippen LogP contribution in [-0.4, -0.2) is 25.5 Å². The average molecular weight is 356 g/mol. The van der Waals surface area contributed by atoms with E-state index in [-0.39, 0.29) is 6.61 Å². The first kappa shape index (κ1) is 19.8. The molecule has 24 heavy (non-hydrogen) atoms. The van der Waals surface area contributed by atoms with Gasteiger partial charge in [-0.05, 0) is 5.56 Å². The topological polar surface area (TPSA) is 97.4 Å². The number of esters is 2. The van der Waals surface area contributed by atoms with Crippen molar-refractivity contribution in [1.82, 2.24) is 0 Å². The minimum atomic E-state index is -4.14. The monoisotopic (exact) mass is 356 g/mol. The molecule has 0 radical (unpaired) electrons. The van der Waals surface area contributed by atoms with E-state index in [0.29, 0.717) is 5.56 Å². The third kappa shape index (κ3) is 7.85. The lowest BCUT2D eigenvalue weighted by molar-refractivity contribution is -0.147. The highest BCUT2D eigenvalue weighted by Gasteiger charge is 2.28. The highest BCUT2D eigenvalue weighted by molar-refractivity contribution is 7.48. The molecule has 1 aromatic carbocycles. The van der Waals surface area contributed by atoms with E-state index >= 15 is 0 Å². The Balaban J connectivity index is 2.60. The second-order valence-corrected chi connectivity index (χ2v) is 5.70. The van der Waals surface area contributed by atoms with Gasteiger partial charge in [-0.15, -0.1) is 0 Å². The van der Waals surface area contributed by atoms with Gasteiger partial charge in [0.1, 0.15) is 0 Å². The minimum Gasteiger partial charge on any atom is -0.435 e. The van der Waals surface area contributed by atoms with Gasteiger partial charge in [0.25, 0.3) is 0 Å². The van der Waals surface area contributed by atoms with Gasteiger partial charge >= 0.3 is 19.8 Å². The Morgan fingerprint density at radius 2 is 1.42 bits per heavy atom. The number of phosphoric ester groups is 1. The summed E-state index contributed by atoms with van der Waals surface area (Å²) < 4.78 is 36.3. The standard InChI is InChI=1S/C15H17O8P/c1-3-14(16)19-11-22-24(18,23-12-20-15(17)4-2)21-10-13-8-6-5-7-9-13/h3-9H,1-2,10-12H2. The summed E-state index contributed by atoms with van der Waals surface area (Å²) >= 11 is 0. The van der Waals surface area contributed by atoms with E-state index in [2.05, 4.69) is 22.6 Å². The van der Waals surface area contributed by atoms with Gasteiger partial charge in [-0.3, -0.25) is 4.52 Å². The Hall–Kier alpha value is -2.25. The first-order valence-electron chi connectivity index (χ1n) is 6.65. The van der Waals surface area contributed by atoms with Crippen LogP contribution in [0.1, 0.15) is 5.56 Å². The summed E-state index contributed by atoms with van der Waals surface area (Å²) in [4.78, 5) is 21.9. The summed E-state index contributed by atoms with van der Waals surface area (Å²) in [5.41, 5.74) is 0.705. The third-order valence-corrected chi connectivity index (χ3v) is 3.68. The number of rotatable bonds is 11. The molecule has 0 aliphatic rings. The van der Waals surface area contributed by atoms with Crippen LogP contribution < -0.4 is 0 Å². The Morgan fingerprint density at radius 1 is 0.917 bits per heavy atom. The molecular formula is C15H17O8P. The van der Waals surface area contributed by atoms with Crippen LogP contribution in [0.3, 0.4) is 0 Å². The highest BCUT2D eigenvalue weighted by Crippen LogP contribution is 2.50. The van der Waals surface area contributed by atoms with E-state index in [4.69, 9.17) is 13.6 Å². The SMILES string of the molecule is C=CC(=O)OCOP(=O)(OCOC(=O)C=C)OCc1ccccc1. The van der Waals surface area contributed by atoms with Crippen LogP contribution in [0.25, 0.3) is 0 Å².